The van der Waals surface area contributed by atoms with Gasteiger partial charge in [0, 0.05) is 5.92 Å². The fourth-order valence-electron chi connectivity index (χ4n) is 1.86. The molecular formula is C8H11NO2S. The average molecular weight is 185 g/mol. The van der Waals surface area contributed by atoms with Gasteiger partial charge in [-0.15, -0.1) is 0 Å². The van der Waals surface area contributed by atoms with Crippen LogP contribution in [0.15, 0.2) is 0 Å². The van der Waals surface area contributed by atoms with Gasteiger partial charge in [0.25, 0.3) is 0 Å². The molecule has 1 aliphatic heterocycles. The first-order chi connectivity index (χ1) is 5.62. The van der Waals surface area contributed by atoms with E-state index in [-0.39, 0.29) is 23.3 Å². The Bertz CT molecular complexity index is 311. The molecule has 0 radical (unpaired) electrons. The Labute approximate surface area is 72.3 Å². The van der Waals surface area contributed by atoms with Crippen molar-refractivity contribution in [3.8, 4) is 6.07 Å². The number of hydrogen-bond acceptors (Lipinski definition) is 3. The van der Waals surface area contributed by atoms with Crippen LogP contribution in [0.5, 0.6) is 0 Å². The van der Waals surface area contributed by atoms with Crippen LogP contribution in [0.25, 0.3) is 0 Å². The van der Waals surface area contributed by atoms with Gasteiger partial charge in [-0.05, 0) is 18.8 Å². The monoisotopic (exact) mass is 185 g/mol. The van der Waals surface area contributed by atoms with Gasteiger partial charge in [0.05, 0.1) is 23.5 Å². The molecule has 1 atom stereocenters. The molecule has 66 valence electrons. The highest BCUT2D eigenvalue weighted by atomic mass is 32.2. The standard InChI is InChI=1S/C8H11NO2S/c9-3-8(6-1-2-6)7-4-12(10,11)5-7/h6-8H,1-2,4-5H2. The molecule has 0 aromatic heterocycles. The van der Waals surface area contributed by atoms with Crippen LogP contribution in [-0.4, -0.2) is 19.9 Å². The van der Waals surface area contributed by atoms with Crippen LogP contribution in [-0.2, 0) is 9.84 Å². The van der Waals surface area contributed by atoms with Gasteiger partial charge in [-0.25, -0.2) is 8.42 Å². The normalized spacial score (nSPS) is 30.2. The molecule has 0 spiro atoms. The van der Waals surface area contributed by atoms with Crippen LogP contribution < -0.4 is 0 Å². The van der Waals surface area contributed by atoms with Crippen molar-refractivity contribution in [2.24, 2.45) is 17.8 Å². The van der Waals surface area contributed by atoms with E-state index in [4.69, 9.17) is 5.26 Å². The first-order valence-electron chi connectivity index (χ1n) is 4.22. The van der Waals surface area contributed by atoms with E-state index < -0.39 is 9.84 Å². The predicted molar refractivity (Wildman–Crippen MR) is 44.0 cm³/mol. The van der Waals surface area contributed by atoms with E-state index in [0.717, 1.165) is 12.8 Å². The van der Waals surface area contributed by atoms with E-state index in [9.17, 15) is 8.42 Å². The average Bonchev–Trinajstić information content (AvgIpc) is 2.68. The molecule has 2 fully saturated rings. The van der Waals surface area contributed by atoms with Gasteiger partial charge < -0.3 is 0 Å². The van der Waals surface area contributed by atoms with Crippen molar-refractivity contribution in [1.82, 2.24) is 0 Å². The molecule has 0 amide bonds. The molecule has 1 saturated carbocycles. The first-order valence-corrected chi connectivity index (χ1v) is 6.04. The van der Waals surface area contributed by atoms with Gasteiger partial charge in [0.2, 0.25) is 0 Å². The summed E-state index contributed by atoms with van der Waals surface area (Å²) in [6, 6.07) is 2.24. The molecule has 1 aliphatic carbocycles. The highest BCUT2D eigenvalue weighted by Gasteiger charge is 2.45. The van der Waals surface area contributed by atoms with Crippen molar-refractivity contribution < 1.29 is 8.42 Å². The Hall–Kier alpha value is -0.560. The Morgan fingerprint density at radius 2 is 1.83 bits per heavy atom. The number of nitriles is 1. The van der Waals surface area contributed by atoms with Crippen LogP contribution in [0.2, 0.25) is 0 Å². The van der Waals surface area contributed by atoms with E-state index in [0.29, 0.717) is 5.92 Å². The summed E-state index contributed by atoms with van der Waals surface area (Å²) in [6.45, 7) is 0. The second-order valence-corrected chi connectivity index (χ2v) is 5.98. The molecule has 0 N–H and O–H groups in total. The predicted octanol–water partition coefficient (Wildman–Crippen LogP) is 0.581. The summed E-state index contributed by atoms with van der Waals surface area (Å²) >= 11 is 0. The summed E-state index contributed by atoms with van der Waals surface area (Å²) in [5.41, 5.74) is 0. The van der Waals surface area contributed by atoms with Crippen LogP contribution in [0.3, 0.4) is 0 Å². The summed E-state index contributed by atoms with van der Waals surface area (Å²) in [7, 11) is -2.74. The maximum Gasteiger partial charge on any atom is 0.151 e. The van der Waals surface area contributed by atoms with Crippen molar-refractivity contribution >= 4 is 9.84 Å². The Kier molecular flexibility index (Phi) is 1.65. The van der Waals surface area contributed by atoms with E-state index in [1.165, 1.54) is 0 Å². The minimum atomic E-state index is -2.74. The Balaban J connectivity index is 1.98. The lowest BCUT2D eigenvalue weighted by molar-refractivity contribution is 0.396. The van der Waals surface area contributed by atoms with Gasteiger partial charge in [-0.3, -0.25) is 0 Å². The number of rotatable bonds is 2. The first kappa shape index (κ1) is 8.06. The van der Waals surface area contributed by atoms with Gasteiger partial charge in [-0.2, -0.15) is 5.26 Å². The highest BCUT2D eigenvalue weighted by Crippen LogP contribution is 2.43. The fraction of sp³-hybridized carbons (Fsp3) is 0.875. The van der Waals surface area contributed by atoms with E-state index in [1.54, 1.807) is 0 Å². The Morgan fingerprint density at radius 1 is 1.25 bits per heavy atom. The lowest BCUT2D eigenvalue weighted by atomic mass is 9.92. The molecule has 1 saturated heterocycles. The van der Waals surface area contributed by atoms with Crippen molar-refractivity contribution in [2.75, 3.05) is 11.5 Å². The lowest BCUT2D eigenvalue weighted by Gasteiger charge is -2.29. The largest absolute Gasteiger partial charge is 0.229 e. The van der Waals surface area contributed by atoms with E-state index >= 15 is 0 Å². The molecule has 0 bridgehead atoms. The van der Waals surface area contributed by atoms with Crippen LogP contribution in [0.4, 0.5) is 0 Å². The second-order valence-electron chi connectivity index (χ2n) is 3.83. The summed E-state index contributed by atoms with van der Waals surface area (Å²) in [6.07, 6.45) is 2.24. The van der Waals surface area contributed by atoms with Gasteiger partial charge >= 0.3 is 0 Å². The molecule has 1 heterocycles. The third-order valence-corrected chi connectivity index (χ3v) is 4.59. The van der Waals surface area contributed by atoms with E-state index in [1.807, 2.05) is 0 Å². The highest BCUT2D eigenvalue weighted by molar-refractivity contribution is 7.92. The van der Waals surface area contributed by atoms with Crippen molar-refractivity contribution in [3.05, 3.63) is 0 Å². The summed E-state index contributed by atoms with van der Waals surface area (Å²) in [4.78, 5) is 0. The Morgan fingerprint density at radius 3 is 2.17 bits per heavy atom. The number of sulfone groups is 1. The molecule has 0 aromatic carbocycles. The van der Waals surface area contributed by atoms with Crippen molar-refractivity contribution in [2.45, 2.75) is 12.8 Å². The fourth-order valence-corrected chi connectivity index (χ4v) is 3.48. The third kappa shape index (κ3) is 1.34. The second kappa shape index (κ2) is 2.46. The van der Waals surface area contributed by atoms with Crippen LogP contribution in [0, 0.1) is 29.1 Å². The molecule has 1 unspecified atom stereocenters. The molecule has 4 heteroatoms. The van der Waals surface area contributed by atoms with Crippen molar-refractivity contribution in [1.29, 1.82) is 5.26 Å². The molecule has 0 aromatic rings. The lowest BCUT2D eigenvalue weighted by Crippen LogP contribution is -2.41. The van der Waals surface area contributed by atoms with Crippen LogP contribution >= 0.6 is 0 Å². The quantitative estimate of drug-likeness (QED) is 0.632. The van der Waals surface area contributed by atoms with Crippen LogP contribution in [0.1, 0.15) is 12.8 Å². The smallest absolute Gasteiger partial charge is 0.151 e. The topological polar surface area (TPSA) is 57.9 Å². The summed E-state index contributed by atoms with van der Waals surface area (Å²) < 4.78 is 21.7. The summed E-state index contributed by atoms with van der Waals surface area (Å²) in [5.74, 6) is 1.18. The van der Waals surface area contributed by atoms with Gasteiger partial charge in [0.1, 0.15) is 0 Å². The zero-order valence-corrected chi connectivity index (χ0v) is 7.55. The van der Waals surface area contributed by atoms with E-state index in [2.05, 4.69) is 6.07 Å². The van der Waals surface area contributed by atoms with Crippen molar-refractivity contribution in [3.63, 3.8) is 0 Å². The molecular weight excluding hydrogens is 174 g/mol. The maximum absolute atomic E-state index is 10.9. The maximum atomic E-state index is 10.9. The molecule has 12 heavy (non-hydrogen) atoms. The molecule has 3 nitrogen and oxygen atoms in total. The van der Waals surface area contributed by atoms with Gasteiger partial charge in [0.15, 0.2) is 9.84 Å². The number of hydrogen-bond donors (Lipinski definition) is 0. The zero-order valence-electron chi connectivity index (χ0n) is 6.73. The molecule has 2 aliphatic rings. The zero-order chi connectivity index (χ0) is 8.77. The van der Waals surface area contributed by atoms with Gasteiger partial charge in [-0.1, -0.05) is 0 Å². The SMILES string of the molecule is N#CC(C1CC1)C1CS(=O)(=O)C1. The minimum Gasteiger partial charge on any atom is -0.229 e. The minimum absolute atomic E-state index is 0.0218. The third-order valence-electron chi connectivity index (χ3n) is 2.72. The summed E-state index contributed by atoms with van der Waals surface area (Å²) in [5, 5.41) is 8.80. The number of nitrogens with zero attached hydrogens (tertiary/aromatic N) is 1. The molecule has 2 rings (SSSR count).